The third kappa shape index (κ3) is 4.15. The Labute approximate surface area is 126 Å². The van der Waals surface area contributed by atoms with Crippen LogP contribution < -0.4 is 0 Å². The molecule has 0 fully saturated rings. The molecule has 0 spiro atoms. The Kier molecular flexibility index (Phi) is 5.30. The fourth-order valence-electron chi connectivity index (χ4n) is 1.57. The Bertz CT molecular complexity index is 685. The number of benzene rings is 1. The Balaban J connectivity index is 3.48. The second-order valence-corrected chi connectivity index (χ2v) is 6.97. The summed E-state index contributed by atoms with van der Waals surface area (Å²) in [5.41, 5.74) is -0.719. The molecular weight excluding hydrogens is 322 g/mol. The minimum absolute atomic E-state index is 0.0175. The van der Waals surface area contributed by atoms with E-state index in [4.69, 9.17) is 15.4 Å². The van der Waals surface area contributed by atoms with Crippen LogP contribution in [0.1, 0.15) is 36.2 Å². The molecule has 1 rings (SSSR count). The van der Waals surface area contributed by atoms with Gasteiger partial charge in [0.05, 0.1) is 21.5 Å². The van der Waals surface area contributed by atoms with E-state index >= 15 is 0 Å². The van der Waals surface area contributed by atoms with Crippen LogP contribution in [0.3, 0.4) is 0 Å². The Morgan fingerprint density at radius 1 is 1.48 bits per heavy atom. The Hall–Kier alpha value is -1.67. The predicted octanol–water partition coefficient (Wildman–Crippen LogP) is 2.79. The highest BCUT2D eigenvalue weighted by Gasteiger charge is 2.25. The van der Waals surface area contributed by atoms with Crippen molar-refractivity contribution in [2.24, 2.45) is 0 Å². The van der Waals surface area contributed by atoms with Crippen molar-refractivity contribution in [3.8, 4) is 0 Å². The molecule has 0 aliphatic rings. The first kappa shape index (κ1) is 17.4. The summed E-state index contributed by atoms with van der Waals surface area (Å²) in [6, 6.07) is 1.79. The molecule has 7 nitrogen and oxygen atoms in total. The molecule has 0 radical (unpaired) electrons. The maximum absolute atomic E-state index is 12.0. The minimum atomic E-state index is -4.22. The predicted molar refractivity (Wildman–Crippen MR) is 76.0 cm³/mol. The summed E-state index contributed by atoms with van der Waals surface area (Å²) in [6.45, 7) is 4.79. The lowest BCUT2D eigenvalue weighted by atomic mass is 10.1. The van der Waals surface area contributed by atoms with Gasteiger partial charge >= 0.3 is 5.97 Å². The quantitative estimate of drug-likeness (QED) is 0.354. The number of halogens is 1. The van der Waals surface area contributed by atoms with Crippen molar-refractivity contribution >= 4 is 31.4 Å². The molecule has 1 unspecified atom stereocenters. The first-order valence-corrected chi connectivity index (χ1v) is 8.33. The summed E-state index contributed by atoms with van der Waals surface area (Å²) in [5.74, 6) is -0.827. The lowest BCUT2D eigenvalue weighted by Gasteiger charge is -2.13. The van der Waals surface area contributed by atoms with E-state index in [2.05, 4.69) is 0 Å². The molecule has 0 bridgehead atoms. The Morgan fingerprint density at radius 2 is 2.05 bits per heavy atom. The average molecular weight is 336 g/mol. The highest BCUT2D eigenvalue weighted by Crippen LogP contribution is 2.28. The summed E-state index contributed by atoms with van der Waals surface area (Å²) >= 11 is 0. The zero-order valence-electron chi connectivity index (χ0n) is 11.6. The summed E-state index contributed by atoms with van der Waals surface area (Å²) < 4.78 is 28.0. The van der Waals surface area contributed by atoms with Crippen LogP contribution in [-0.2, 0) is 13.8 Å². The highest BCUT2D eigenvalue weighted by atomic mass is 35.7. The molecule has 0 aliphatic carbocycles. The van der Waals surface area contributed by atoms with Gasteiger partial charge < -0.3 is 4.74 Å². The van der Waals surface area contributed by atoms with Gasteiger partial charge in [0.15, 0.2) is 0 Å². The number of rotatable bonds is 5. The van der Waals surface area contributed by atoms with Crippen molar-refractivity contribution in [2.75, 3.05) is 0 Å². The second kappa shape index (κ2) is 6.40. The van der Waals surface area contributed by atoms with Gasteiger partial charge in [0.2, 0.25) is 0 Å². The summed E-state index contributed by atoms with van der Waals surface area (Å²) in [7, 11) is 1.03. The largest absolute Gasteiger partial charge is 0.459 e. The third-order valence-corrected chi connectivity index (χ3v) is 4.37. The summed E-state index contributed by atoms with van der Waals surface area (Å²) in [6.07, 6.45) is 0.160. The van der Waals surface area contributed by atoms with Crippen LogP contribution >= 0.6 is 10.7 Å². The van der Waals surface area contributed by atoms with Gasteiger partial charge in [-0.05, 0) is 25.8 Å². The number of nitro benzene ring substituents is 1. The molecule has 1 aromatic carbocycles. The van der Waals surface area contributed by atoms with Crippen molar-refractivity contribution in [1.29, 1.82) is 0 Å². The van der Waals surface area contributed by atoms with E-state index in [9.17, 15) is 23.3 Å². The van der Waals surface area contributed by atoms with Gasteiger partial charge in [-0.15, -0.1) is 0 Å². The molecule has 116 valence electrons. The molecule has 0 aliphatic heterocycles. The zero-order chi connectivity index (χ0) is 16.4. The SMILES string of the molecule is CCC(C)OC(=O)c1cc([N+](=O)[O-])cc(S(=O)(=O)Cl)c1C. The molecular formula is C12H14ClNO6S. The summed E-state index contributed by atoms with van der Waals surface area (Å²) in [5, 5.41) is 10.9. The van der Waals surface area contributed by atoms with Crippen molar-refractivity contribution in [2.45, 2.75) is 38.2 Å². The highest BCUT2D eigenvalue weighted by molar-refractivity contribution is 8.13. The van der Waals surface area contributed by atoms with Crippen LogP contribution in [0.2, 0.25) is 0 Å². The standard InChI is InChI=1S/C12H14ClNO6S/c1-4-7(2)20-12(15)10-5-9(14(16)17)6-11(8(10)3)21(13,18)19/h5-7H,4H2,1-3H3. The molecule has 9 heteroatoms. The van der Waals surface area contributed by atoms with Gasteiger partial charge in [-0.25, -0.2) is 13.2 Å². The molecule has 0 heterocycles. The van der Waals surface area contributed by atoms with Crippen LogP contribution in [-0.4, -0.2) is 25.4 Å². The van der Waals surface area contributed by atoms with E-state index in [1.54, 1.807) is 13.8 Å². The number of esters is 1. The number of ether oxygens (including phenoxy) is 1. The lowest BCUT2D eigenvalue weighted by Crippen LogP contribution is -2.16. The molecule has 21 heavy (non-hydrogen) atoms. The molecule has 0 saturated carbocycles. The number of hydrogen-bond donors (Lipinski definition) is 0. The maximum Gasteiger partial charge on any atom is 0.338 e. The number of carbonyl (C=O) groups is 1. The van der Waals surface area contributed by atoms with Crippen LogP contribution in [0, 0.1) is 17.0 Å². The van der Waals surface area contributed by atoms with Crippen LogP contribution in [0.5, 0.6) is 0 Å². The zero-order valence-corrected chi connectivity index (χ0v) is 13.2. The van der Waals surface area contributed by atoms with Gasteiger partial charge in [0.1, 0.15) is 0 Å². The van der Waals surface area contributed by atoms with Crippen molar-refractivity contribution in [3.63, 3.8) is 0 Å². The minimum Gasteiger partial charge on any atom is -0.459 e. The molecule has 0 amide bonds. The van der Waals surface area contributed by atoms with Crippen molar-refractivity contribution < 1.29 is 22.9 Å². The number of nitrogens with zero attached hydrogens (tertiary/aromatic N) is 1. The number of nitro groups is 1. The van der Waals surface area contributed by atoms with E-state index in [-0.39, 0.29) is 11.1 Å². The van der Waals surface area contributed by atoms with Crippen molar-refractivity contribution in [3.05, 3.63) is 33.4 Å². The van der Waals surface area contributed by atoms with Gasteiger partial charge in [-0.2, -0.15) is 0 Å². The number of carbonyl (C=O) groups excluding carboxylic acids is 1. The second-order valence-electron chi connectivity index (χ2n) is 4.44. The van der Waals surface area contributed by atoms with E-state index in [1.165, 1.54) is 6.92 Å². The molecule has 0 aromatic heterocycles. The van der Waals surface area contributed by atoms with E-state index in [1.807, 2.05) is 0 Å². The van der Waals surface area contributed by atoms with Gasteiger partial charge in [0, 0.05) is 22.8 Å². The van der Waals surface area contributed by atoms with Crippen LogP contribution in [0.15, 0.2) is 17.0 Å². The monoisotopic (exact) mass is 335 g/mol. The molecule has 0 N–H and O–H groups in total. The topological polar surface area (TPSA) is 104 Å². The lowest BCUT2D eigenvalue weighted by molar-refractivity contribution is -0.385. The Morgan fingerprint density at radius 3 is 2.48 bits per heavy atom. The third-order valence-electron chi connectivity index (χ3n) is 2.92. The molecule has 1 atom stereocenters. The number of hydrogen-bond acceptors (Lipinski definition) is 6. The summed E-state index contributed by atoms with van der Waals surface area (Å²) in [4.78, 5) is 21.6. The smallest absolute Gasteiger partial charge is 0.338 e. The van der Waals surface area contributed by atoms with Gasteiger partial charge in [-0.3, -0.25) is 10.1 Å². The van der Waals surface area contributed by atoms with Crippen molar-refractivity contribution in [1.82, 2.24) is 0 Å². The average Bonchev–Trinajstić information content (AvgIpc) is 2.36. The fourth-order valence-corrected chi connectivity index (χ4v) is 2.79. The van der Waals surface area contributed by atoms with Crippen LogP contribution in [0.25, 0.3) is 0 Å². The molecule has 1 aromatic rings. The maximum atomic E-state index is 12.0. The molecule has 0 saturated heterocycles. The first-order chi connectivity index (χ1) is 9.57. The van der Waals surface area contributed by atoms with E-state index < -0.39 is 36.6 Å². The normalized spacial score (nSPS) is 12.8. The van der Waals surface area contributed by atoms with E-state index in [0.29, 0.717) is 6.42 Å². The fraction of sp³-hybridized carbons (Fsp3) is 0.417. The first-order valence-electron chi connectivity index (χ1n) is 6.02. The van der Waals surface area contributed by atoms with Gasteiger partial charge in [-0.1, -0.05) is 6.92 Å². The van der Waals surface area contributed by atoms with E-state index in [0.717, 1.165) is 12.1 Å². The van der Waals surface area contributed by atoms with Gasteiger partial charge in [0.25, 0.3) is 14.7 Å². The number of non-ortho nitro benzene ring substituents is 1. The van der Waals surface area contributed by atoms with Crippen LogP contribution in [0.4, 0.5) is 5.69 Å².